The summed E-state index contributed by atoms with van der Waals surface area (Å²) in [4.78, 5) is 49.2. The molecule has 0 aromatic heterocycles. The molecule has 26 heavy (non-hydrogen) atoms. The first-order chi connectivity index (χ1) is 12.3. The van der Waals surface area contributed by atoms with Crippen LogP contribution in [0, 0.1) is 0 Å². The lowest BCUT2D eigenvalue weighted by atomic mass is 10.1. The standard InChI is InChI=1S/C16H29N5O5/c1-10(16(25)26)19-14(23)12-6-4-8-21(12)15(24)11(5-2-3-7-17)20-13(22)9-18/h10-12H,2-9,17-18H2,1H3,(H,19,23)(H,20,22)(H,25,26). The lowest BCUT2D eigenvalue weighted by molar-refractivity contribution is -0.144. The highest BCUT2D eigenvalue weighted by atomic mass is 16.4. The molecule has 3 atom stereocenters. The molecule has 0 saturated carbocycles. The number of likely N-dealkylation sites (tertiary alicyclic amines) is 1. The minimum absolute atomic E-state index is 0.235. The van der Waals surface area contributed by atoms with Crippen LogP contribution >= 0.6 is 0 Å². The number of carbonyl (C=O) groups is 4. The normalized spacial score (nSPS) is 18.9. The second-order valence-corrected chi connectivity index (χ2v) is 6.37. The van der Waals surface area contributed by atoms with Gasteiger partial charge in [0.25, 0.3) is 0 Å². The van der Waals surface area contributed by atoms with Gasteiger partial charge in [-0.25, -0.2) is 0 Å². The molecule has 0 bridgehead atoms. The summed E-state index contributed by atoms with van der Waals surface area (Å²) in [5.74, 6) is -2.46. The fourth-order valence-electron chi connectivity index (χ4n) is 2.88. The lowest BCUT2D eigenvalue weighted by Crippen LogP contribution is -2.55. The average Bonchev–Trinajstić information content (AvgIpc) is 3.09. The van der Waals surface area contributed by atoms with E-state index in [0.717, 1.165) is 0 Å². The number of carbonyl (C=O) groups excluding carboxylic acids is 3. The van der Waals surface area contributed by atoms with E-state index in [1.807, 2.05) is 0 Å². The van der Waals surface area contributed by atoms with Gasteiger partial charge in [0.05, 0.1) is 6.54 Å². The van der Waals surface area contributed by atoms with Gasteiger partial charge in [-0.2, -0.15) is 0 Å². The molecule has 1 aliphatic heterocycles. The number of hydrogen-bond acceptors (Lipinski definition) is 6. The summed E-state index contributed by atoms with van der Waals surface area (Å²) in [5, 5.41) is 13.9. The van der Waals surface area contributed by atoms with Gasteiger partial charge < -0.3 is 32.1 Å². The Morgan fingerprint density at radius 1 is 1.19 bits per heavy atom. The van der Waals surface area contributed by atoms with E-state index >= 15 is 0 Å². The van der Waals surface area contributed by atoms with Crippen molar-refractivity contribution < 1.29 is 24.3 Å². The molecular formula is C16H29N5O5. The van der Waals surface area contributed by atoms with E-state index in [1.165, 1.54) is 11.8 Å². The van der Waals surface area contributed by atoms with Crippen LogP contribution in [-0.2, 0) is 19.2 Å². The van der Waals surface area contributed by atoms with Crippen LogP contribution in [0.3, 0.4) is 0 Å². The van der Waals surface area contributed by atoms with E-state index in [-0.39, 0.29) is 12.5 Å². The summed E-state index contributed by atoms with van der Waals surface area (Å²) < 4.78 is 0. The number of hydrogen-bond donors (Lipinski definition) is 5. The van der Waals surface area contributed by atoms with Crippen LogP contribution in [0.1, 0.15) is 39.0 Å². The van der Waals surface area contributed by atoms with E-state index in [9.17, 15) is 19.2 Å². The van der Waals surface area contributed by atoms with Gasteiger partial charge in [0, 0.05) is 6.54 Å². The molecule has 0 aliphatic carbocycles. The monoisotopic (exact) mass is 371 g/mol. The fraction of sp³-hybridized carbons (Fsp3) is 0.750. The molecular weight excluding hydrogens is 342 g/mol. The molecule has 148 valence electrons. The van der Waals surface area contributed by atoms with Gasteiger partial charge in [-0.15, -0.1) is 0 Å². The number of aliphatic carboxylic acids is 1. The van der Waals surface area contributed by atoms with Gasteiger partial charge >= 0.3 is 5.97 Å². The van der Waals surface area contributed by atoms with Crippen LogP contribution in [0.5, 0.6) is 0 Å². The number of unbranched alkanes of at least 4 members (excludes halogenated alkanes) is 1. The molecule has 1 saturated heterocycles. The maximum Gasteiger partial charge on any atom is 0.325 e. The van der Waals surface area contributed by atoms with Crippen LogP contribution in [-0.4, -0.2) is 71.5 Å². The Hall–Kier alpha value is -2.20. The number of nitrogens with one attached hydrogen (secondary N) is 2. The smallest absolute Gasteiger partial charge is 0.325 e. The van der Waals surface area contributed by atoms with E-state index < -0.39 is 35.9 Å². The maximum absolute atomic E-state index is 12.9. The summed E-state index contributed by atoms with van der Waals surface area (Å²) in [6, 6.07) is -2.56. The molecule has 0 aromatic carbocycles. The molecule has 1 fully saturated rings. The van der Waals surface area contributed by atoms with Crippen LogP contribution in [0.2, 0.25) is 0 Å². The number of nitrogens with zero attached hydrogens (tertiary/aromatic N) is 1. The first kappa shape index (κ1) is 21.8. The molecule has 0 aromatic rings. The highest BCUT2D eigenvalue weighted by Crippen LogP contribution is 2.20. The number of nitrogens with two attached hydrogens (primary N) is 2. The third-order valence-corrected chi connectivity index (χ3v) is 4.33. The summed E-state index contributed by atoms with van der Waals surface area (Å²) in [7, 11) is 0. The van der Waals surface area contributed by atoms with Crippen molar-refractivity contribution in [3.63, 3.8) is 0 Å². The molecule has 7 N–H and O–H groups in total. The quantitative estimate of drug-likeness (QED) is 0.280. The molecule has 3 amide bonds. The van der Waals surface area contributed by atoms with Crippen molar-refractivity contribution >= 4 is 23.7 Å². The minimum atomic E-state index is -1.15. The first-order valence-corrected chi connectivity index (χ1v) is 8.85. The van der Waals surface area contributed by atoms with E-state index in [0.29, 0.717) is 45.2 Å². The number of carboxylic acid groups (broad SMARTS) is 1. The Bertz CT molecular complexity index is 527. The predicted molar refractivity (Wildman–Crippen MR) is 93.9 cm³/mol. The Balaban J connectivity index is 2.81. The molecule has 3 unspecified atom stereocenters. The molecule has 0 radical (unpaired) electrons. The topological polar surface area (TPSA) is 168 Å². The first-order valence-electron chi connectivity index (χ1n) is 8.85. The van der Waals surface area contributed by atoms with Gasteiger partial charge in [-0.1, -0.05) is 0 Å². The zero-order chi connectivity index (χ0) is 19.7. The highest BCUT2D eigenvalue weighted by molar-refractivity contribution is 5.94. The summed E-state index contributed by atoms with van der Waals surface area (Å²) in [6.45, 7) is 1.98. The second-order valence-electron chi connectivity index (χ2n) is 6.37. The minimum Gasteiger partial charge on any atom is -0.480 e. The average molecular weight is 371 g/mol. The van der Waals surface area contributed by atoms with Crippen molar-refractivity contribution in [1.29, 1.82) is 0 Å². The SMILES string of the molecule is CC(NC(=O)C1CCCN1C(=O)C(CCCCN)NC(=O)CN)C(=O)O. The molecule has 1 rings (SSSR count). The fourth-order valence-corrected chi connectivity index (χ4v) is 2.88. The Morgan fingerprint density at radius 2 is 1.88 bits per heavy atom. The Labute approximate surface area is 152 Å². The maximum atomic E-state index is 12.9. The van der Waals surface area contributed by atoms with E-state index in [1.54, 1.807) is 0 Å². The van der Waals surface area contributed by atoms with Crippen LogP contribution < -0.4 is 22.1 Å². The van der Waals surface area contributed by atoms with Crippen molar-refractivity contribution in [3.05, 3.63) is 0 Å². The zero-order valence-electron chi connectivity index (χ0n) is 15.1. The van der Waals surface area contributed by atoms with Crippen molar-refractivity contribution in [2.75, 3.05) is 19.6 Å². The van der Waals surface area contributed by atoms with E-state index in [4.69, 9.17) is 16.6 Å². The van der Waals surface area contributed by atoms with Gasteiger partial charge in [0.2, 0.25) is 17.7 Å². The van der Waals surface area contributed by atoms with Crippen LogP contribution in [0.4, 0.5) is 0 Å². The van der Waals surface area contributed by atoms with Gasteiger partial charge in [0.1, 0.15) is 18.1 Å². The largest absolute Gasteiger partial charge is 0.480 e. The zero-order valence-corrected chi connectivity index (χ0v) is 15.1. The Kier molecular flexibility index (Phi) is 9.00. The molecule has 1 aliphatic rings. The Morgan fingerprint density at radius 3 is 2.46 bits per heavy atom. The molecule has 0 spiro atoms. The number of carboxylic acids is 1. The van der Waals surface area contributed by atoms with E-state index in [2.05, 4.69) is 10.6 Å². The molecule has 1 heterocycles. The summed E-state index contributed by atoms with van der Waals surface area (Å²) >= 11 is 0. The van der Waals surface area contributed by atoms with Crippen molar-refractivity contribution in [2.45, 2.75) is 57.2 Å². The third kappa shape index (κ3) is 6.26. The molecule has 10 nitrogen and oxygen atoms in total. The van der Waals surface area contributed by atoms with Crippen LogP contribution in [0.25, 0.3) is 0 Å². The third-order valence-electron chi connectivity index (χ3n) is 4.33. The van der Waals surface area contributed by atoms with Crippen molar-refractivity contribution in [2.24, 2.45) is 11.5 Å². The summed E-state index contributed by atoms with van der Waals surface area (Å²) in [5.41, 5.74) is 10.8. The van der Waals surface area contributed by atoms with Gasteiger partial charge in [-0.05, 0) is 45.6 Å². The number of rotatable bonds is 10. The number of amides is 3. The molecule has 10 heteroatoms. The van der Waals surface area contributed by atoms with Crippen molar-refractivity contribution in [3.8, 4) is 0 Å². The highest BCUT2D eigenvalue weighted by Gasteiger charge is 2.38. The predicted octanol–water partition coefficient (Wildman–Crippen LogP) is -1.86. The van der Waals surface area contributed by atoms with Crippen LogP contribution in [0.15, 0.2) is 0 Å². The summed E-state index contributed by atoms with van der Waals surface area (Å²) in [6.07, 6.45) is 2.84. The second kappa shape index (κ2) is 10.7. The lowest BCUT2D eigenvalue weighted by Gasteiger charge is -2.29. The van der Waals surface area contributed by atoms with Gasteiger partial charge in [-0.3, -0.25) is 19.2 Å². The van der Waals surface area contributed by atoms with Crippen molar-refractivity contribution in [1.82, 2.24) is 15.5 Å². The van der Waals surface area contributed by atoms with Gasteiger partial charge in [0.15, 0.2) is 0 Å².